The van der Waals surface area contributed by atoms with Gasteiger partial charge in [0.1, 0.15) is 0 Å². The van der Waals surface area contributed by atoms with E-state index in [9.17, 15) is 9.90 Å². The summed E-state index contributed by atoms with van der Waals surface area (Å²) in [5, 5.41) is 12.2. The zero-order valence-corrected chi connectivity index (χ0v) is 11.0. The molecule has 0 aliphatic heterocycles. The maximum atomic E-state index is 12.0. The third-order valence-corrected chi connectivity index (χ3v) is 3.88. The van der Waals surface area contributed by atoms with Crippen molar-refractivity contribution in [1.29, 1.82) is 0 Å². The second-order valence-electron chi connectivity index (χ2n) is 5.14. The largest absolute Gasteiger partial charge is 0.397 e. The van der Waals surface area contributed by atoms with Gasteiger partial charge in [-0.1, -0.05) is 12.8 Å². The summed E-state index contributed by atoms with van der Waals surface area (Å²) in [5.41, 5.74) is 6.39. The highest BCUT2D eigenvalue weighted by molar-refractivity contribution is 5.96. The molecule has 0 saturated heterocycles. The van der Waals surface area contributed by atoms with Crippen LogP contribution in [-0.4, -0.2) is 29.1 Å². The minimum atomic E-state index is -0.236. The Morgan fingerprint density at radius 1 is 1.42 bits per heavy atom. The molecule has 0 radical (unpaired) electrons. The highest BCUT2D eigenvalue weighted by Gasteiger charge is 2.25. The van der Waals surface area contributed by atoms with Crippen molar-refractivity contribution in [1.82, 2.24) is 10.3 Å². The molecular weight excluding hydrogens is 242 g/mol. The van der Waals surface area contributed by atoms with E-state index < -0.39 is 0 Å². The Balaban J connectivity index is 1.91. The summed E-state index contributed by atoms with van der Waals surface area (Å²) in [5.74, 6) is 0.420. The first-order valence-corrected chi connectivity index (χ1v) is 6.82. The van der Waals surface area contributed by atoms with Crippen LogP contribution in [0, 0.1) is 11.8 Å². The topological polar surface area (TPSA) is 88.2 Å². The third kappa shape index (κ3) is 3.44. The van der Waals surface area contributed by atoms with E-state index in [-0.39, 0.29) is 18.2 Å². The normalized spacial score (nSPS) is 23.0. The van der Waals surface area contributed by atoms with E-state index in [0.29, 0.717) is 24.1 Å². The molecule has 5 heteroatoms. The quantitative estimate of drug-likeness (QED) is 0.761. The van der Waals surface area contributed by atoms with E-state index in [1.807, 2.05) is 0 Å². The Morgan fingerprint density at radius 3 is 2.84 bits per heavy atom. The molecule has 0 aromatic carbocycles. The summed E-state index contributed by atoms with van der Waals surface area (Å²) in [6, 6.07) is 3.37. The molecule has 0 bridgehead atoms. The van der Waals surface area contributed by atoms with Gasteiger partial charge in [-0.15, -0.1) is 0 Å². The molecule has 4 N–H and O–H groups in total. The summed E-state index contributed by atoms with van der Waals surface area (Å²) >= 11 is 0. The van der Waals surface area contributed by atoms with Crippen molar-refractivity contribution < 1.29 is 9.90 Å². The van der Waals surface area contributed by atoms with Gasteiger partial charge in [0.25, 0.3) is 5.91 Å². The smallest absolute Gasteiger partial charge is 0.272 e. The van der Waals surface area contributed by atoms with Crippen molar-refractivity contribution in [2.75, 3.05) is 18.9 Å². The average Bonchev–Trinajstić information content (AvgIpc) is 2.45. The number of carbonyl (C=O) groups is 1. The van der Waals surface area contributed by atoms with Crippen molar-refractivity contribution >= 4 is 11.6 Å². The lowest BCUT2D eigenvalue weighted by Gasteiger charge is -2.30. The molecule has 104 valence electrons. The SMILES string of the molecule is Nc1cccnc1C(=O)NCC1CCCCC1CO. The molecule has 1 saturated carbocycles. The Morgan fingerprint density at radius 2 is 2.16 bits per heavy atom. The van der Waals surface area contributed by atoms with Crippen LogP contribution in [0.4, 0.5) is 5.69 Å². The molecule has 2 rings (SSSR count). The number of aromatic nitrogens is 1. The highest BCUT2D eigenvalue weighted by atomic mass is 16.3. The van der Waals surface area contributed by atoms with Crippen LogP contribution in [0.2, 0.25) is 0 Å². The summed E-state index contributed by atoms with van der Waals surface area (Å²) in [7, 11) is 0. The average molecular weight is 263 g/mol. The number of aliphatic hydroxyl groups is 1. The van der Waals surface area contributed by atoms with Crippen molar-refractivity contribution in [3.8, 4) is 0 Å². The zero-order chi connectivity index (χ0) is 13.7. The lowest BCUT2D eigenvalue weighted by molar-refractivity contribution is 0.0905. The van der Waals surface area contributed by atoms with Crippen LogP contribution in [0.25, 0.3) is 0 Å². The van der Waals surface area contributed by atoms with E-state index in [4.69, 9.17) is 5.73 Å². The van der Waals surface area contributed by atoms with Gasteiger partial charge in [-0.05, 0) is 36.8 Å². The summed E-state index contributed by atoms with van der Waals surface area (Å²) in [4.78, 5) is 16.0. The van der Waals surface area contributed by atoms with E-state index in [1.54, 1.807) is 18.3 Å². The van der Waals surface area contributed by atoms with E-state index in [1.165, 1.54) is 12.8 Å². The van der Waals surface area contributed by atoms with Crippen molar-refractivity contribution in [3.63, 3.8) is 0 Å². The number of pyridine rings is 1. The first kappa shape index (κ1) is 13.8. The second kappa shape index (κ2) is 6.52. The van der Waals surface area contributed by atoms with Gasteiger partial charge in [-0.2, -0.15) is 0 Å². The van der Waals surface area contributed by atoms with Crippen LogP contribution < -0.4 is 11.1 Å². The van der Waals surface area contributed by atoms with Crippen LogP contribution >= 0.6 is 0 Å². The van der Waals surface area contributed by atoms with Gasteiger partial charge in [-0.3, -0.25) is 4.79 Å². The lowest BCUT2D eigenvalue weighted by Crippen LogP contribution is -2.36. The minimum Gasteiger partial charge on any atom is -0.397 e. The van der Waals surface area contributed by atoms with E-state index >= 15 is 0 Å². The molecule has 0 spiro atoms. The molecule has 1 aliphatic rings. The number of nitrogens with zero attached hydrogens (tertiary/aromatic N) is 1. The molecular formula is C14H21N3O2. The van der Waals surface area contributed by atoms with Gasteiger partial charge in [0.15, 0.2) is 5.69 Å². The number of hydrogen-bond donors (Lipinski definition) is 3. The highest BCUT2D eigenvalue weighted by Crippen LogP contribution is 2.29. The predicted octanol–water partition coefficient (Wildman–Crippen LogP) is 1.19. The molecule has 1 heterocycles. The summed E-state index contributed by atoms with van der Waals surface area (Å²) in [6.45, 7) is 0.784. The Bertz CT molecular complexity index is 436. The van der Waals surface area contributed by atoms with Gasteiger partial charge >= 0.3 is 0 Å². The minimum absolute atomic E-state index is 0.201. The number of anilines is 1. The molecule has 5 nitrogen and oxygen atoms in total. The van der Waals surface area contributed by atoms with Crippen LogP contribution in [0.5, 0.6) is 0 Å². The van der Waals surface area contributed by atoms with E-state index in [2.05, 4.69) is 10.3 Å². The fraction of sp³-hybridized carbons (Fsp3) is 0.571. The predicted molar refractivity (Wildman–Crippen MR) is 73.5 cm³/mol. The second-order valence-corrected chi connectivity index (χ2v) is 5.14. The first-order chi connectivity index (χ1) is 9.22. The number of carbonyl (C=O) groups excluding carboxylic acids is 1. The summed E-state index contributed by atoms with van der Waals surface area (Å²) < 4.78 is 0. The van der Waals surface area contributed by atoms with Gasteiger partial charge in [0.05, 0.1) is 5.69 Å². The molecule has 1 fully saturated rings. The van der Waals surface area contributed by atoms with Crippen molar-refractivity contribution in [2.45, 2.75) is 25.7 Å². The van der Waals surface area contributed by atoms with Crippen LogP contribution in [0.15, 0.2) is 18.3 Å². The molecule has 1 aromatic heterocycles. The Labute approximate surface area is 113 Å². The zero-order valence-electron chi connectivity index (χ0n) is 11.0. The lowest BCUT2D eigenvalue weighted by atomic mass is 9.79. The van der Waals surface area contributed by atoms with Crippen LogP contribution in [0.1, 0.15) is 36.2 Å². The number of aliphatic hydroxyl groups excluding tert-OH is 1. The molecule has 1 aromatic rings. The number of nitrogen functional groups attached to an aromatic ring is 1. The summed E-state index contributed by atoms with van der Waals surface area (Å²) in [6.07, 6.45) is 6.00. The molecule has 2 unspecified atom stereocenters. The molecule has 1 amide bonds. The Hall–Kier alpha value is -1.62. The number of nitrogens with one attached hydrogen (secondary N) is 1. The molecule has 1 aliphatic carbocycles. The monoisotopic (exact) mass is 263 g/mol. The van der Waals surface area contributed by atoms with Gasteiger partial charge < -0.3 is 16.2 Å². The van der Waals surface area contributed by atoms with Gasteiger partial charge in [-0.25, -0.2) is 4.98 Å². The van der Waals surface area contributed by atoms with Crippen molar-refractivity contribution in [2.24, 2.45) is 11.8 Å². The van der Waals surface area contributed by atoms with Crippen LogP contribution in [0.3, 0.4) is 0 Å². The van der Waals surface area contributed by atoms with Gasteiger partial charge in [0, 0.05) is 19.3 Å². The third-order valence-electron chi connectivity index (χ3n) is 3.88. The number of amides is 1. The molecule has 19 heavy (non-hydrogen) atoms. The first-order valence-electron chi connectivity index (χ1n) is 6.82. The van der Waals surface area contributed by atoms with Crippen LogP contribution in [-0.2, 0) is 0 Å². The standard InChI is InChI=1S/C14H21N3O2/c15-12-6-3-7-16-13(12)14(19)17-8-10-4-1-2-5-11(10)9-18/h3,6-7,10-11,18H,1-2,4-5,8-9,15H2,(H,17,19). The maximum Gasteiger partial charge on any atom is 0.272 e. The fourth-order valence-electron chi connectivity index (χ4n) is 2.71. The number of nitrogens with two attached hydrogens (primary N) is 1. The Kier molecular flexibility index (Phi) is 4.74. The van der Waals surface area contributed by atoms with E-state index in [0.717, 1.165) is 12.8 Å². The fourth-order valence-corrected chi connectivity index (χ4v) is 2.71. The maximum absolute atomic E-state index is 12.0. The van der Waals surface area contributed by atoms with Gasteiger partial charge in [0.2, 0.25) is 0 Å². The number of rotatable bonds is 4. The number of hydrogen-bond acceptors (Lipinski definition) is 4. The van der Waals surface area contributed by atoms with Crippen molar-refractivity contribution in [3.05, 3.63) is 24.0 Å². The molecule has 2 atom stereocenters.